The van der Waals surface area contributed by atoms with Crippen molar-refractivity contribution < 1.29 is 13.5 Å². The molecule has 2 rings (SSSR count). The molecule has 0 aliphatic carbocycles. The highest BCUT2D eigenvalue weighted by Crippen LogP contribution is 2.28. The Labute approximate surface area is 97.6 Å². The number of rotatable bonds is 2. The minimum Gasteiger partial charge on any atom is -0.454 e. The zero-order chi connectivity index (χ0) is 12.4. The van der Waals surface area contributed by atoms with E-state index in [1.54, 1.807) is 25.1 Å². The molecule has 2 aromatic rings. The molecule has 17 heavy (non-hydrogen) atoms. The van der Waals surface area contributed by atoms with Crippen LogP contribution in [0.2, 0.25) is 0 Å². The monoisotopic (exact) mass is 235 g/mol. The topological polar surface area (TPSA) is 35.2 Å². The van der Waals surface area contributed by atoms with E-state index in [0.29, 0.717) is 11.4 Å². The summed E-state index contributed by atoms with van der Waals surface area (Å²) in [5, 5.41) is 0. The van der Waals surface area contributed by atoms with E-state index in [4.69, 9.17) is 10.5 Å². The van der Waals surface area contributed by atoms with E-state index in [1.807, 2.05) is 0 Å². The Hall–Kier alpha value is -2.10. The van der Waals surface area contributed by atoms with Crippen LogP contribution in [0, 0.1) is 18.6 Å². The maximum absolute atomic E-state index is 13.3. The number of nitrogens with two attached hydrogens (primary N) is 1. The van der Waals surface area contributed by atoms with Crippen LogP contribution in [0.25, 0.3) is 0 Å². The minimum absolute atomic E-state index is 0.141. The number of aryl methyl sites for hydroxylation is 1. The molecule has 2 nitrogen and oxygen atoms in total. The summed E-state index contributed by atoms with van der Waals surface area (Å²) in [7, 11) is 0. The number of benzene rings is 2. The lowest BCUT2D eigenvalue weighted by atomic mass is 10.2. The molecular formula is C13H11F2NO. The van der Waals surface area contributed by atoms with Crippen molar-refractivity contribution in [2.75, 3.05) is 5.73 Å². The Bertz CT molecular complexity index is 555. The zero-order valence-corrected chi connectivity index (χ0v) is 9.21. The van der Waals surface area contributed by atoms with Gasteiger partial charge in [-0.2, -0.15) is 0 Å². The third-order valence-corrected chi connectivity index (χ3v) is 2.31. The van der Waals surface area contributed by atoms with E-state index in [0.717, 1.165) is 23.8 Å². The van der Waals surface area contributed by atoms with Gasteiger partial charge in [0, 0.05) is 11.8 Å². The van der Waals surface area contributed by atoms with Crippen molar-refractivity contribution in [3.63, 3.8) is 0 Å². The molecule has 2 N–H and O–H groups in total. The number of anilines is 1. The van der Waals surface area contributed by atoms with Gasteiger partial charge in [-0.25, -0.2) is 8.78 Å². The van der Waals surface area contributed by atoms with E-state index in [-0.39, 0.29) is 5.75 Å². The summed E-state index contributed by atoms with van der Waals surface area (Å²) in [5.41, 5.74) is 6.94. The lowest BCUT2D eigenvalue weighted by Gasteiger charge is -2.09. The van der Waals surface area contributed by atoms with Crippen molar-refractivity contribution in [3.8, 4) is 11.5 Å². The molecule has 88 valence electrons. The van der Waals surface area contributed by atoms with Crippen LogP contribution < -0.4 is 10.5 Å². The average molecular weight is 235 g/mol. The molecule has 0 amide bonds. The van der Waals surface area contributed by atoms with Crippen molar-refractivity contribution in [2.45, 2.75) is 6.92 Å². The molecule has 0 saturated heterocycles. The van der Waals surface area contributed by atoms with Crippen molar-refractivity contribution in [2.24, 2.45) is 0 Å². The Morgan fingerprint density at radius 3 is 2.47 bits per heavy atom. The lowest BCUT2D eigenvalue weighted by Crippen LogP contribution is -1.93. The summed E-state index contributed by atoms with van der Waals surface area (Å²) in [6.45, 7) is 1.78. The SMILES string of the molecule is Cc1cc(N)ccc1Oc1cc(F)ccc1F. The number of hydrogen-bond acceptors (Lipinski definition) is 2. The lowest BCUT2D eigenvalue weighted by molar-refractivity contribution is 0.434. The molecule has 0 atom stereocenters. The normalized spacial score (nSPS) is 10.3. The van der Waals surface area contributed by atoms with Crippen molar-refractivity contribution in [3.05, 3.63) is 53.6 Å². The zero-order valence-electron chi connectivity index (χ0n) is 9.21. The highest BCUT2D eigenvalue weighted by Gasteiger charge is 2.08. The van der Waals surface area contributed by atoms with Crippen molar-refractivity contribution >= 4 is 5.69 Å². The molecule has 0 bridgehead atoms. The predicted octanol–water partition coefficient (Wildman–Crippen LogP) is 3.65. The van der Waals surface area contributed by atoms with Crippen LogP contribution in [-0.2, 0) is 0 Å². The summed E-state index contributed by atoms with van der Waals surface area (Å²) in [6.07, 6.45) is 0. The predicted molar refractivity (Wildman–Crippen MR) is 62.0 cm³/mol. The highest BCUT2D eigenvalue weighted by molar-refractivity contribution is 5.48. The van der Waals surface area contributed by atoms with Gasteiger partial charge < -0.3 is 10.5 Å². The first-order chi connectivity index (χ1) is 8.06. The van der Waals surface area contributed by atoms with Gasteiger partial charge in [-0.15, -0.1) is 0 Å². The maximum Gasteiger partial charge on any atom is 0.165 e. The van der Waals surface area contributed by atoms with Gasteiger partial charge in [0.05, 0.1) is 0 Å². The molecular weight excluding hydrogens is 224 g/mol. The van der Waals surface area contributed by atoms with E-state index >= 15 is 0 Å². The van der Waals surface area contributed by atoms with Crippen LogP contribution in [0.3, 0.4) is 0 Å². The fourth-order valence-electron chi connectivity index (χ4n) is 1.46. The van der Waals surface area contributed by atoms with E-state index in [2.05, 4.69) is 0 Å². The fraction of sp³-hybridized carbons (Fsp3) is 0.0769. The Balaban J connectivity index is 2.34. The van der Waals surface area contributed by atoms with Crippen LogP contribution in [0.1, 0.15) is 5.56 Å². The second-order valence-corrected chi connectivity index (χ2v) is 3.70. The third kappa shape index (κ3) is 2.53. The number of nitrogen functional groups attached to an aromatic ring is 1. The van der Waals surface area contributed by atoms with Crippen molar-refractivity contribution in [1.29, 1.82) is 0 Å². The molecule has 0 saturated carbocycles. The summed E-state index contributed by atoms with van der Waals surface area (Å²) < 4.78 is 31.6. The highest BCUT2D eigenvalue weighted by atomic mass is 19.1. The summed E-state index contributed by atoms with van der Waals surface area (Å²) in [6, 6.07) is 8.03. The molecule has 0 spiro atoms. The molecule has 0 aliphatic heterocycles. The van der Waals surface area contributed by atoms with E-state index < -0.39 is 11.6 Å². The van der Waals surface area contributed by atoms with Gasteiger partial charge in [0.15, 0.2) is 11.6 Å². The van der Waals surface area contributed by atoms with Crippen LogP contribution in [0.5, 0.6) is 11.5 Å². The van der Waals surface area contributed by atoms with Gasteiger partial charge in [0.2, 0.25) is 0 Å². The molecule has 0 heterocycles. The fourth-order valence-corrected chi connectivity index (χ4v) is 1.46. The third-order valence-electron chi connectivity index (χ3n) is 2.31. The molecule has 0 aliphatic rings. The first kappa shape index (κ1) is 11.4. The molecule has 0 radical (unpaired) electrons. The largest absolute Gasteiger partial charge is 0.454 e. The van der Waals surface area contributed by atoms with E-state index in [9.17, 15) is 8.78 Å². The average Bonchev–Trinajstić information content (AvgIpc) is 2.27. The number of ether oxygens (including phenoxy) is 1. The van der Waals surface area contributed by atoms with Gasteiger partial charge in [-0.05, 0) is 42.8 Å². The summed E-state index contributed by atoms with van der Waals surface area (Å²) in [5.74, 6) is -0.848. The maximum atomic E-state index is 13.3. The summed E-state index contributed by atoms with van der Waals surface area (Å²) >= 11 is 0. The number of halogens is 2. The number of hydrogen-bond donors (Lipinski definition) is 1. The second kappa shape index (κ2) is 4.41. The molecule has 0 aromatic heterocycles. The van der Waals surface area contributed by atoms with Crippen LogP contribution >= 0.6 is 0 Å². The van der Waals surface area contributed by atoms with E-state index in [1.165, 1.54) is 0 Å². The molecule has 0 unspecified atom stereocenters. The first-order valence-electron chi connectivity index (χ1n) is 5.05. The summed E-state index contributed by atoms with van der Waals surface area (Å²) in [4.78, 5) is 0. The van der Waals surface area contributed by atoms with Gasteiger partial charge >= 0.3 is 0 Å². The van der Waals surface area contributed by atoms with Gasteiger partial charge in [-0.3, -0.25) is 0 Å². The standard InChI is InChI=1S/C13H11F2NO/c1-8-6-10(16)3-5-12(8)17-13-7-9(14)2-4-11(13)15/h2-7H,16H2,1H3. The molecule has 4 heteroatoms. The second-order valence-electron chi connectivity index (χ2n) is 3.70. The Morgan fingerprint density at radius 1 is 1.00 bits per heavy atom. The Kier molecular flexibility index (Phi) is 2.95. The van der Waals surface area contributed by atoms with Crippen LogP contribution in [0.4, 0.5) is 14.5 Å². The Morgan fingerprint density at radius 2 is 1.76 bits per heavy atom. The van der Waals surface area contributed by atoms with Gasteiger partial charge in [0.25, 0.3) is 0 Å². The van der Waals surface area contributed by atoms with Gasteiger partial charge in [0.1, 0.15) is 11.6 Å². The molecule has 0 fully saturated rings. The smallest absolute Gasteiger partial charge is 0.165 e. The van der Waals surface area contributed by atoms with Gasteiger partial charge in [-0.1, -0.05) is 0 Å². The first-order valence-corrected chi connectivity index (χ1v) is 5.05. The van der Waals surface area contributed by atoms with Crippen LogP contribution in [0.15, 0.2) is 36.4 Å². The quantitative estimate of drug-likeness (QED) is 0.806. The minimum atomic E-state index is -0.609. The van der Waals surface area contributed by atoms with Crippen molar-refractivity contribution in [1.82, 2.24) is 0 Å². The molecule has 2 aromatic carbocycles. The van der Waals surface area contributed by atoms with Crippen LogP contribution in [-0.4, -0.2) is 0 Å².